The molecule has 4 heteroatoms. The molecule has 0 fully saturated rings. The Morgan fingerprint density at radius 2 is 2.35 bits per heavy atom. The molecule has 1 aromatic heterocycles. The van der Waals surface area contributed by atoms with Gasteiger partial charge in [0.25, 0.3) is 0 Å². The maximum atomic E-state index is 5.80. The lowest BCUT2D eigenvalue weighted by Crippen LogP contribution is -2.19. The van der Waals surface area contributed by atoms with Gasteiger partial charge in [-0.1, -0.05) is 0 Å². The summed E-state index contributed by atoms with van der Waals surface area (Å²) in [5.74, 6) is 0. The molecule has 1 aromatic carbocycles. The number of aromatic nitrogens is 1. The van der Waals surface area contributed by atoms with E-state index < -0.39 is 0 Å². The Bertz CT molecular complexity index is 547. The number of hydrogen-bond acceptors (Lipinski definition) is 4. The lowest BCUT2D eigenvalue weighted by molar-refractivity contribution is 0.818. The summed E-state index contributed by atoms with van der Waals surface area (Å²) in [5.41, 5.74) is 10.5. The van der Waals surface area contributed by atoms with Crippen molar-refractivity contribution in [3.63, 3.8) is 0 Å². The SMILES string of the molecule is Cc1nc(CN2CCc3cc(N)ccc32)cs1. The highest BCUT2D eigenvalue weighted by molar-refractivity contribution is 7.09. The molecule has 2 heterocycles. The molecule has 0 atom stereocenters. The first kappa shape index (κ1) is 10.6. The van der Waals surface area contributed by atoms with Crippen molar-refractivity contribution in [1.29, 1.82) is 0 Å². The van der Waals surface area contributed by atoms with E-state index in [9.17, 15) is 0 Å². The molecule has 1 aliphatic rings. The van der Waals surface area contributed by atoms with E-state index in [1.54, 1.807) is 11.3 Å². The molecule has 0 spiro atoms. The van der Waals surface area contributed by atoms with Crippen molar-refractivity contribution in [3.8, 4) is 0 Å². The average molecular weight is 245 g/mol. The third-order valence-corrected chi connectivity index (χ3v) is 3.94. The third kappa shape index (κ3) is 2.00. The number of aryl methyl sites for hydroxylation is 1. The zero-order valence-electron chi connectivity index (χ0n) is 9.81. The normalized spacial score (nSPS) is 14.1. The van der Waals surface area contributed by atoms with Gasteiger partial charge < -0.3 is 10.6 Å². The Morgan fingerprint density at radius 1 is 1.47 bits per heavy atom. The summed E-state index contributed by atoms with van der Waals surface area (Å²) >= 11 is 1.71. The highest BCUT2D eigenvalue weighted by Crippen LogP contribution is 2.30. The van der Waals surface area contributed by atoms with Crippen LogP contribution >= 0.6 is 11.3 Å². The second-order valence-corrected chi connectivity index (χ2v) is 5.48. The zero-order valence-corrected chi connectivity index (χ0v) is 10.6. The topological polar surface area (TPSA) is 42.2 Å². The molecule has 0 amide bonds. The van der Waals surface area contributed by atoms with Crippen LogP contribution in [-0.4, -0.2) is 11.5 Å². The predicted molar refractivity (Wildman–Crippen MR) is 72.5 cm³/mol. The summed E-state index contributed by atoms with van der Waals surface area (Å²) in [4.78, 5) is 6.90. The molecule has 3 rings (SSSR count). The van der Waals surface area contributed by atoms with Gasteiger partial charge in [-0.2, -0.15) is 0 Å². The summed E-state index contributed by atoms with van der Waals surface area (Å²) in [7, 11) is 0. The van der Waals surface area contributed by atoms with Crippen molar-refractivity contribution in [3.05, 3.63) is 39.8 Å². The maximum absolute atomic E-state index is 5.80. The lowest BCUT2D eigenvalue weighted by Gasteiger charge is -2.18. The van der Waals surface area contributed by atoms with Crippen LogP contribution in [0.3, 0.4) is 0 Å². The van der Waals surface area contributed by atoms with E-state index in [1.165, 1.54) is 11.3 Å². The monoisotopic (exact) mass is 245 g/mol. The Balaban J connectivity index is 1.84. The minimum atomic E-state index is 0.857. The van der Waals surface area contributed by atoms with Crippen LogP contribution in [0.5, 0.6) is 0 Å². The van der Waals surface area contributed by atoms with E-state index >= 15 is 0 Å². The van der Waals surface area contributed by atoms with Gasteiger partial charge in [0, 0.05) is 23.3 Å². The van der Waals surface area contributed by atoms with E-state index in [1.807, 2.05) is 13.0 Å². The number of nitrogens with zero attached hydrogens (tertiary/aromatic N) is 2. The molecule has 3 nitrogen and oxygen atoms in total. The smallest absolute Gasteiger partial charge is 0.0898 e. The van der Waals surface area contributed by atoms with Gasteiger partial charge in [-0.25, -0.2) is 4.98 Å². The van der Waals surface area contributed by atoms with Crippen LogP contribution < -0.4 is 10.6 Å². The van der Waals surface area contributed by atoms with E-state index in [-0.39, 0.29) is 0 Å². The fourth-order valence-electron chi connectivity index (χ4n) is 2.33. The van der Waals surface area contributed by atoms with Gasteiger partial charge in [-0.3, -0.25) is 0 Å². The van der Waals surface area contributed by atoms with E-state index in [2.05, 4.69) is 27.4 Å². The van der Waals surface area contributed by atoms with Gasteiger partial charge in [0.2, 0.25) is 0 Å². The largest absolute Gasteiger partial charge is 0.399 e. The maximum Gasteiger partial charge on any atom is 0.0898 e. The zero-order chi connectivity index (χ0) is 11.8. The lowest BCUT2D eigenvalue weighted by atomic mass is 10.1. The third-order valence-electron chi connectivity index (χ3n) is 3.11. The summed E-state index contributed by atoms with van der Waals surface area (Å²) in [5, 5.41) is 3.28. The first-order valence-corrected chi connectivity index (χ1v) is 6.65. The molecule has 0 radical (unpaired) electrons. The number of nitrogens with two attached hydrogens (primary N) is 1. The van der Waals surface area contributed by atoms with Crippen molar-refractivity contribution in [1.82, 2.24) is 4.98 Å². The predicted octanol–water partition coefficient (Wildman–Crippen LogP) is 2.60. The number of fused-ring (bicyclic) bond motifs is 1. The molecule has 0 aliphatic carbocycles. The standard InChI is InChI=1S/C13H15N3S/c1-9-15-12(8-17-9)7-16-5-4-10-6-11(14)2-3-13(10)16/h2-3,6,8H,4-5,7,14H2,1H3. The number of benzene rings is 1. The molecule has 2 N–H and O–H groups in total. The van der Waals surface area contributed by atoms with Crippen molar-refractivity contribution in [2.45, 2.75) is 19.9 Å². The quantitative estimate of drug-likeness (QED) is 0.827. The van der Waals surface area contributed by atoms with Gasteiger partial charge >= 0.3 is 0 Å². The van der Waals surface area contributed by atoms with Gasteiger partial charge in [-0.05, 0) is 37.1 Å². The number of nitrogen functional groups attached to an aromatic ring is 1. The van der Waals surface area contributed by atoms with Crippen LogP contribution in [-0.2, 0) is 13.0 Å². The number of hydrogen-bond donors (Lipinski definition) is 1. The summed E-state index contributed by atoms with van der Waals surface area (Å²) in [6, 6.07) is 6.18. The minimum Gasteiger partial charge on any atom is -0.399 e. The molecule has 1 aliphatic heterocycles. The number of thiazole rings is 1. The molecule has 88 valence electrons. The number of rotatable bonds is 2. The van der Waals surface area contributed by atoms with E-state index in [0.717, 1.165) is 35.9 Å². The summed E-state index contributed by atoms with van der Waals surface area (Å²) in [6.45, 7) is 4.02. The van der Waals surface area contributed by atoms with Crippen LogP contribution in [0.15, 0.2) is 23.6 Å². The molecule has 0 saturated heterocycles. The molecule has 2 aromatic rings. The van der Waals surface area contributed by atoms with Crippen LogP contribution in [0.2, 0.25) is 0 Å². The Labute approximate surface area is 105 Å². The fourth-order valence-corrected chi connectivity index (χ4v) is 2.93. The highest BCUT2D eigenvalue weighted by Gasteiger charge is 2.19. The van der Waals surface area contributed by atoms with Crippen LogP contribution in [0.1, 0.15) is 16.3 Å². The molecular weight excluding hydrogens is 230 g/mol. The van der Waals surface area contributed by atoms with Gasteiger partial charge in [0.15, 0.2) is 0 Å². The van der Waals surface area contributed by atoms with Crippen molar-refractivity contribution in [2.24, 2.45) is 0 Å². The van der Waals surface area contributed by atoms with Gasteiger partial charge in [0.05, 0.1) is 17.2 Å². The van der Waals surface area contributed by atoms with Crippen molar-refractivity contribution in [2.75, 3.05) is 17.2 Å². The van der Waals surface area contributed by atoms with Crippen LogP contribution in [0, 0.1) is 6.92 Å². The molecule has 0 unspecified atom stereocenters. The van der Waals surface area contributed by atoms with Crippen molar-refractivity contribution >= 4 is 22.7 Å². The van der Waals surface area contributed by atoms with Gasteiger partial charge in [0.1, 0.15) is 0 Å². The van der Waals surface area contributed by atoms with E-state index in [4.69, 9.17) is 5.73 Å². The first-order chi connectivity index (χ1) is 8.22. The van der Waals surface area contributed by atoms with Crippen LogP contribution in [0.4, 0.5) is 11.4 Å². The highest BCUT2D eigenvalue weighted by atomic mass is 32.1. The second-order valence-electron chi connectivity index (χ2n) is 4.42. The first-order valence-electron chi connectivity index (χ1n) is 5.77. The van der Waals surface area contributed by atoms with E-state index in [0.29, 0.717) is 0 Å². The Morgan fingerprint density at radius 3 is 3.12 bits per heavy atom. The van der Waals surface area contributed by atoms with Crippen LogP contribution in [0.25, 0.3) is 0 Å². The molecule has 0 bridgehead atoms. The second kappa shape index (κ2) is 4.04. The summed E-state index contributed by atoms with van der Waals surface area (Å²) < 4.78 is 0. The average Bonchev–Trinajstić information content (AvgIpc) is 2.86. The minimum absolute atomic E-state index is 0.857. The van der Waals surface area contributed by atoms with Crippen molar-refractivity contribution < 1.29 is 0 Å². The fraction of sp³-hybridized carbons (Fsp3) is 0.308. The Hall–Kier alpha value is -1.55. The molecular formula is C13H15N3S. The molecule has 17 heavy (non-hydrogen) atoms. The number of anilines is 2. The molecule has 0 saturated carbocycles. The Kier molecular flexibility index (Phi) is 2.52. The van der Waals surface area contributed by atoms with Gasteiger partial charge in [-0.15, -0.1) is 11.3 Å². The summed E-state index contributed by atoms with van der Waals surface area (Å²) in [6.07, 6.45) is 1.09.